The first-order valence-corrected chi connectivity index (χ1v) is 6.48. The molecule has 0 spiro atoms. The summed E-state index contributed by atoms with van der Waals surface area (Å²) in [6.07, 6.45) is 0. The van der Waals surface area contributed by atoms with Crippen LogP contribution in [0.2, 0.25) is 0 Å². The number of hydrogen-bond donors (Lipinski definition) is 0. The fourth-order valence-electron chi connectivity index (χ4n) is 2.02. The summed E-state index contributed by atoms with van der Waals surface area (Å²) < 4.78 is 10.7. The van der Waals surface area contributed by atoms with Gasteiger partial charge in [0, 0.05) is 5.56 Å². The van der Waals surface area contributed by atoms with Crippen molar-refractivity contribution in [2.24, 2.45) is 0 Å². The number of Topliss-reactive ketones (excluding diaryl/α,β-unsaturated/α-hetero) is 1. The van der Waals surface area contributed by atoms with Crippen molar-refractivity contribution in [1.82, 2.24) is 0 Å². The minimum absolute atomic E-state index is 0.0397. The van der Waals surface area contributed by atoms with Crippen LogP contribution in [0, 0.1) is 13.8 Å². The summed E-state index contributed by atoms with van der Waals surface area (Å²) in [5.74, 6) is 1.47. The van der Waals surface area contributed by atoms with Gasteiger partial charge in [0.1, 0.15) is 11.5 Å². The number of rotatable bonds is 5. The molecule has 3 nitrogen and oxygen atoms in total. The monoisotopic (exact) mass is 270 g/mol. The highest BCUT2D eigenvalue weighted by Gasteiger charge is 2.09. The Morgan fingerprint density at radius 1 is 1.00 bits per heavy atom. The molecule has 2 aromatic carbocycles. The van der Waals surface area contributed by atoms with E-state index >= 15 is 0 Å². The summed E-state index contributed by atoms with van der Waals surface area (Å²) in [5.41, 5.74) is 2.69. The van der Waals surface area contributed by atoms with Gasteiger partial charge in [-0.2, -0.15) is 0 Å². The third kappa shape index (κ3) is 3.18. The Kier molecular flexibility index (Phi) is 4.41. The Morgan fingerprint density at radius 2 is 1.60 bits per heavy atom. The van der Waals surface area contributed by atoms with Gasteiger partial charge in [-0.05, 0) is 49.2 Å². The SMILES string of the molecule is COc1ccc(C(=O)COc2c(C)cccc2C)cc1. The van der Waals surface area contributed by atoms with Gasteiger partial charge in [0.25, 0.3) is 0 Å². The molecule has 20 heavy (non-hydrogen) atoms. The first-order valence-electron chi connectivity index (χ1n) is 6.48. The van der Waals surface area contributed by atoms with Crippen LogP contribution in [0.4, 0.5) is 0 Å². The quantitative estimate of drug-likeness (QED) is 0.779. The second kappa shape index (κ2) is 6.24. The molecule has 0 saturated carbocycles. The van der Waals surface area contributed by atoms with E-state index in [4.69, 9.17) is 9.47 Å². The van der Waals surface area contributed by atoms with Crippen molar-refractivity contribution in [2.45, 2.75) is 13.8 Å². The Bertz CT molecular complexity index is 580. The highest BCUT2D eigenvalue weighted by Crippen LogP contribution is 2.22. The van der Waals surface area contributed by atoms with Crippen molar-refractivity contribution in [1.29, 1.82) is 0 Å². The zero-order valence-electron chi connectivity index (χ0n) is 12.0. The van der Waals surface area contributed by atoms with Crippen LogP contribution in [-0.2, 0) is 0 Å². The Labute approximate surface area is 119 Å². The van der Waals surface area contributed by atoms with Gasteiger partial charge in [0.05, 0.1) is 7.11 Å². The predicted molar refractivity (Wildman–Crippen MR) is 78.7 cm³/mol. The van der Waals surface area contributed by atoms with E-state index in [1.807, 2.05) is 32.0 Å². The third-order valence-electron chi connectivity index (χ3n) is 3.17. The van der Waals surface area contributed by atoms with Gasteiger partial charge in [-0.1, -0.05) is 18.2 Å². The minimum Gasteiger partial charge on any atom is -0.497 e. The number of methoxy groups -OCH3 is 1. The molecule has 0 amide bonds. The lowest BCUT2D eigenvalue weighted by Crippen LogP contribution is -2.12. The van der Waals surface area contributed by atoms with Crippen molar-refractivity contribution < 1.29 is 14.3 Å². The van der Waals surface area contributed by atoms with E-state index < -0.39 is 0 Å². The number of para-hydroxylation sites is 1. The molecule has 2 rings (SSSR count). The molecule has 0 aromatic heterocycles. The number of benzene rings is 2. The van der Waals surface area contributed by atoms with E-state index in [2.05, 4.69) is 0 Å². The van der Waals surface area contributed by atoms with Crippen LogP contribution in [-0.4, -0.2) is 19.5 Å². The second-order valence-electron chi connectivity index (χ2n) is 4.66. The van der Waals surface area contributed by atoms with Crippen molar-refractivity contribution >= 4 is 5.78 Å². The zero-order valence-corrected chi connectivity index (χ0v) is 12.0. The number of ether oxygens (including phenoxy) is 2. The number of aryl methyl sites for hydroxylation is 2. The van der Waals surface area contributed by atoms with E-state index in [0.29, 0.717) is 5.56 Å². The first-order chi connectivity index (χ1) is 9.61. The average Bonchev–Trinajstić information content (AvgIpc) is 2.46. The zero-order chi connectivity index (χ0) is 14.5. The fraction of sp³-hybridized carbons (Fsp3) is 0.235. The van der Waals surface area contributed by atoms with Crippen molar-refractivity contribution in [2.75, 3.05) is 13.7 Å². The van der Waals surface area contributed by atoms with E-state index in [0.717, 1.165) is 22.6 Å². The molecule has 0 radical (unpaired) electrons. The van der Waals surface area contributed by atoms with Crippen LogP contribution in [0.1, 0.15) is 21.5 Å². The maximum Gasteiger partial charge on any atom is 0.200 e. The Morgan fingerprint density at radius 3 is 2.15 bits per heavy atom. The molecule has 0 heterocycles. The maximum atomic E-state index is 12.1. The normalized spacial score (nSPS) is 10.2. The summed E-state index contributed by atoms with van der Waals surface area (Å²) in [4.78, 5) is 12.1. The third-order valence-corrected chi connectivity index (χ3v) is 3.17. The van der Waals surface area contributed by atoms with Crippen molar-refractivity contribution in [3.05, 3.63) is 59.2 Å². The lowest BCUT2D eigenvalue weighted by atomic mass is 10.1. The van der Waals surface area contributed by atoms with Gasteiger partial charge in [0.2, 0.25) is 0 Å². The molecular weight excluding hydrogens is 252 g/mol. The molecular formula is C17H18O3. The molecule has 0 aliphatic rings. The summed E-state index contributed by atoms with van der Waals surface area (Å²) in [6.45, 7) is 3.98. The molecule has 0 bridgehead atoms. The molecule has 0 saturated heterocycles. The summed E-state index contributed by atoms with van der Waals surface area (Å²) >= 11 is 0. The van der Waals surface area contributed by atoms with Gasteiger partial charge in [-0.3, -0.25) is 4.79 Å². The topological polar surface area (TPSA) is 35.5 Å². The lowest BCUT2D eigenvalue weighted by Gasteiger charge is -2.11. The van der Waals surface area contributed by atoms with E-state index in [-0.39, 0.29) is 12.4 Å². The number of ketones is 1. The predicted octanol–water partition coefficient (Wildman–Crippen LogP) is 3.57. The van der Waals surface area contributed by atoms with Gasteiger partial charge >= 0.3 is 0 Å². The van der Waals surface area contributed by atoms with Crippen molar-refractivity contribution in [3.8, 4) is 11.5 Å². The lowest BCUT2D eigenvalue weighted by molar-refractivity contribution is 0.0920. The molecule has 2 aromatic rings. The van der Waals surface area contributed by atoms with Crippen LogP contribution < -0.4 is 9.47 Å². The van der Waals surface area contributed by atoms with Gasteiger partial charge in [-0.15, -0.1) is 0 Å². The summed E-state index contributed by atoms with van der Waals surface area (Å²) in [5, 5.41) is 0. The Hall–Kier alpha value is -2.29. The van der Waals surface area contributed by atoms with Crippen LogP contribution in [0.25, 0.3) is 0 Å². The van der Waals surface area contributed by atoms with E-state index in [1.165, 1.54) is 0 Å². The molecule has 3 heteroatoms. The Balaban J connectivity index is 2.04. The summed E-state index contributed by atoms with van der Waals surface area (Å²) in [6, 6.07) is 13.0. The fourth-order valence-corrected chi connectivity index (χ4v) is 2.02. The molecule has 0 unspecified atom stereocenters. The van der Waals surface area contributed by atoms with Crippen molar-refractivity contribution in [3.63, 3.8) is 0 Å². The molecule has 0 N–H and O–H groups in total. The van der Waals surface area contributed by atoms with Gasteiger partial charge in [-0.25, -0.2) is 0 Å². The van der Waals surface area contributed by atoms with Crippen LogP contribution >= 0.6 is 0 Å². The number of carbonyl (C=O) groups is 1. The van der Waals surface area contributed by atoms with E-state index in [1.54, 1.807) is 31.4 Å². The standard InChI is InChI=1S/C17H18O3/c1-12-5-4-6-13(2)17(12)20-11-16(18)14-7-9-15(19-3)10-8-14/h4-10H,11H2,1-3H3. The highest BCUT2D eigenvalue weighted by molar-refractivity contribution is 5.97. The van der Waals surface area contributed by atoms with Crippen LogP contribution in [0.15, 0.2) is 42.5 Å². The van der Waals surface area contributed by atoms with E-state index in [9.17, 15) is 4.79 Å². The number of hydrogen-bond acceptors (Lipinski definition) is 3. The molecule has 0 atom stereocenters. The molecule has 104 valence electrons. The van der Waals surface area contributed by atoms with Crippen LogP contribution in [0.5, 0.6) is 11.5 Å². The van der Waals surface area contributed by atoms with Gasteiger partial charge < -0.3 is 9.47 Å². The minimum atomic E-state index is -0.0460. The van der Waals surface area contributed by atoms with Crippen LogP contribution in [0.3, 0.4) is 0 Å². The maximum absolute atomic E-state index is 12.1. The highest BCUT2D eigenvalue weighted by atomic mass is 16.5. The largest absolute Gasteiger partial charge is 0.497 e. The molecule has 0 fully saturated rings. The molecule has 0 aliphatic carbocycles. The second-order valence-corrected chi connectivity index (χ2v) is 4.66. The smallest absolute Gasteiger partial charge is 0.200 e. The van der Waals surface area contributed by atoms with Gasteiger partial charge in [0.15, 0.2) is 12.4 Å². The average molecular weight is 270 g/mol. The first kappa shape index (κ1) is 14.1. The molecule has 0 aliphatic heterocycles. The summed E-state index contributed by atoms with van der Waals surface area (Å²) in [7, 11) is 1.60. The number of carbonyl (C=O) groups excluding carboxylic acids is 1.